The number of carbonyl (C=O) groups is 2. The Labute approximate surface area is 198 Å². The first-order valence-electron chi connectivity index (χ1n) is 10.6. The van der Waals surface area contributed by atoms with Crippen molar-refractivity contribution in [2.45, 2.75) is 26.3 Å². The lowest BCUT2D eigenvalue weighted by atomic mass is 10.0. The van der Waals surface area contributed by atoms with Crippen LogP contribution in [0, 0.1) is 0 Å². The molecular weight excluding hydrogens is 460 g/mol. The van der Waals surface area contributed by atoms with Gasteiger partial charge in [0, 0.05) is 27.8 Å². The standard InChI is InChI=1S/C25H23ClN2O4S/c1-3-33(31,32)28-16(2)13-19-14-18(9-12-23(19)28)25(30)27-22-11-10-20(26)15-21(22)24(29)17-7-5-4-6-8-17/h4-12,14-16H,3,13H2,1-2H3,(H,27,30)/t16-/m1/s1. The first-order chi connectivity index (χ1) is 15.7. The molecule has 0 aliphatic carbocycles. The van der Waals surface area contributed by atoms with Crippen molar-refractivity contribution in [3.05, 3.63) is 94.0 Å². The number of rotatable bonds is 6. The fraction of sp³-hybridized carbons (Fsp3) is 0.200. The molecule has 0 unspecified atom stereocenters. The minimum atomic E-state index is -3.40. The van der Waals surface area contributed by atoms with E-state index in [9.17, 15) is 18.0 Å². The van der Waals surface area contributed by atoms with Crippen molar-refractivity contribution in [2.75, 3.05) is 15.4 Å². The van der Waals surface area contributed by atoms with Gasteiger partial charge in [-0.05, 0) is 62.2 Å². The molecule has 1 amide bonds. The van der Waals surface area contributed by atoms with Gasteiger partial charge >= 0.3 is 0 Å². The Bertz CT molecular complexity index is 1340. The number of nitrogens with one attached hydrogen (secondary N) is 1. The molecule has 170 valence electrons. The molecule has 3 aromatic carbocycles. The van der Waals surface area contributed by atoms with Gasteiger partial charge in [-0.25, -0.2) is 8.42 Å². The Kier molecular flexibility index (Phi) is 6.28. The lowest BCUT2D eigenvalue weighted by Gasteiger charge is -2.23. The van der Waals surface area contributed by atoms with Gasteiger partial charge in [-0.3, -0.25) is 13.9 Å². The molecule has 0 spiro atoms. The van der Waals surface area contributed by atoms with Crippen LogP contribution in [0.3, 0.4) is 0 Å². The summed E-state index contributed by atoms with van der Waals surface area (Å²) in [5.74, 6) is -0.642. The van der Waals surface area contributed by atoms with Crippen LogP contribution < -0.4 is 9.62 Å². The predicted molar refractivity (Wildman–Crippen MR) is 131 cm³/mol. The summed E-state index contributed by atoms with van der Waals surface area (Å²) in [5.41, 5.74) is 2.90. The van der Waals surface area contributed by atoms with Gasteiger partial charge < -0.3 is 5.32 Å². The number of hydrogen-bond donors (Lipinski definition) is 1. The number of ketones is 1. The number of amides is 1. The third-order valence-corrected chi connectivity index (χ3v) is 7.79. The fourth-order valence-electron chi connectivity index (χ4n) is 4.06. The summed E-state index contributed by atoms with van der Waals surface area (Å²) in [6.45, 7) is 3.46. The van der Waals surface area contributed by atoms with Crippen LogP contribution in [0.2, 0.25) is 5.02 Å². The number of anilines is 2. The van der Waals surface area contributed by atoms with E-state index in [2.05, 4.69) is 5.32 Å². The summed E-state index contributed by atoms with van der Waals surface area (Å²) in [6, 6.07) is 18.3. The van der Waals surface area contributed by atoms with E-state index in [0.717, 1.165) is 5.56 Å². The van der Waals surface area contributed by atoms with Crippen LogP contribution in [0.4, 0.5) is 11.4 Å². The van der Waals surface area contributed by atoms with Gasteiger partial charge in [0.1, 0.15) is 0 Å². The molecule has 1 N–H and O–H groups in total. The minimum absolute atomic E-state index is 0.00774. The summed E-state index contributed by atoms with van der Waals surface area (Å²) in [7, 11) is -3.40. The van der Waals surface area contributed by atoms with Crippen molar-refractivity contribution >= 4 is 44.7 Å². The number of sulfonamides is 1. The highest BCUT2D eigenvalue weighted by Crippen LogP contribution is 2.35. The normalized spacial score (nSPS) is 15.2. The summed E-state index contributed by atoms with van der Waals surface area (Å²) in [4.78, 5) is 26.1. The lowest BCUT2D eigenvalue weighted by molar-refractivity contribution is 0.102. The molecule has 4 rings (SSSR count). The molecule has 8 heteroatoms. The van der Waals surface area contributed by atoms with Gasteiger partial charge in [-0.1, -0.05) is 41.9 Å². The van der Waals surface area contributed by atoms with Gasteiger partial charge in [0.15, 0.2) is 5.78 Å². The molecule has 1 aliphatic rings. The summed E-state index contributed by atoms with van der Waals surface area (Å²) >= 11 is 6.12. The van der Waals surface area contributed by atoms with E-state index < -0.39 is 15.9 Å². The van der Waals surface area contributed by atoms with Crippen molar-refractivity contribution in [2.24, 2.45) is 0 Å². The van der Waals surface area contributed by atoms with Crippen molar-refractivity contribution in [3.8, 4) is 0 Å². The third kappa shape index (κ3) is 4.51. The number of fused-ring (bicyclic) bond motifs is 1. The maximum atomic E-state index is 13.0. The molecule has 33 heavy (non-hydrogen) atoms. The first-order valence-corrected chi connectivity index (χ1v) is 12.6. The zero-order valence-corrected chi connectivity index (χ0v) is 19.8. The van der Waals surface area contributed by atoms with Crippen molar-refractivity contribution < 1.29 is 18.0 Å². The van der Waals surface area contributed by atoms with E-state index in [1.54, 1.807) is 61.5 Å². The smallest absolute Gasteiger partial charge is 0.255 e. The first kappa shape index (κ1) is 23.0. The maximum Gasteiger partial charge on any atom is 0.255 e. The average Bonchev–Trinajstić information content (AvgIpc) is 3.15. The lowest BCUT2D eigenvalue weighted by Crippen LogP contribution is -2.36. The molecule has 0 fully saturated rings. The van der Waals surface area contributed by atoms with Gasteiger partial charge in [-0.2, -0.15) is 0 Å². The van der Waals surface area contributed by atoms with E-state index in [0.29, 0.717) is 33.9 Å². The van der Waals surface area contributed by atoms with Crippen LogP contribution >= 0.6 is 11.6 Å². The van der Waals surface area contributed by atoms with Crippen molar-refractivity contribution in [3.63, 3.8) is 0 Å². The van der Waals surface area contributed by atoms with Crippen molar-refractivity contribution in [1.29, 1.82) is 0 Å². The van der Waals surface area contributed by atoms with Crippen LogP contribution in [0.1, 0.15) is 45.7 Å². The Morgan fingerprint density at radius 1 is 1.03 bits per heavy atom. The SMILES string of the molecule is CCS(=O)(=O)N1c2ccc(C(=O)Nc3ccc(Cl)cc3C(=O)c3ccccc3)cc2C[C@H]1C. The van der Waals surface area contributed by atoms with Gasteiger partial charge in [-0.15, -0.1) is 0 Å². The molecule has 0 bridgehead atoms. The quantitative estimate of drug-likeness (QED) is 0.505. The number of hydrogen-bond acceptors (Lipinski definition) is 4. The molecule has 0 aromatic heterocycles. The number of nitrogens with zero attached hydrogens (tertiary/aromatic N) is 1. The molecule has 1 heterocycles. The van der Waals surface area contributed by atoms with E-state index in [4.69, 9.17) is 11.6 Å². The van der Waals surface area contributed by atoms with Crippen molar-refractivity contribution in [1.82, 2.24) is 0 Å². The van der Waals surface area contributed by atoms with Crippen LogP contribution in [-0.4, -0.2) is 31.9 Å². The van der Waals surface area contributed by atoms with E-state index in [1.807, 2.05) is 13.0 Å². The zero-order valence-electron chi connectivity index (χ0n) is 18.2. The van der Waals surface area contributed by atoms with Gasteiger partial charge in [0.2, 0.25) is 10.0 Å². The van der Waals surface area contributed by atoms with Crippen LogP contribution in [0.15, 0.2) is 66.7 Å². The average molecular weight is 483 g/mol. The highest BCUT2D eigenvalue weighted by molar-refractivity contribution is 7.92. The fourth-order valence-corrected chi connectivity index (χ4v) is 5.61. The second-order valence-electron chi connectivity index (χ2n) is 7.93. The van der Waals surface area contributed by atoms with Crippen LogP contribution in [0.25, 0.3) is 0 Å². The molecule has 3 aromatic rings. The molecule has 0 saturated heterocycles. The second kappa shape index (κ2) is 9.00. The molecule has 0 radical (unpaired) electrons. The zero-order chi connectivity index (χ0) is 23.8. The van der Waals surface area contributed by atoms with Gasteiger partial charge in [0.25, 0.3) is 5.91 Å². The van der Waals surface area contributed by atoms with E-state index in [1.165, 1.54) is 10.4 Å². The summed E-state index contributed by atoms with van der Waals surface area (Å²) in [5, 5.41) is 3.19. The largest absolute Gasteiger partial charge is 0.321 e. The number of benzene rings is 3. The molecule has 6 nitrogen and oxygen atoms in total. The highest BCUT2D eigenvalue weighted by Gasteiger charge is 2.34. The molecular formula is C25H23ClN2O4S. The van der Waals surface area contributed by atoms with Gasteiger partial charge in [0.05, 0.1) is 17.1 Å². The summed E-state index contributed by atoms with van der Waals surface area (Å²) in [6.07, 6.45) is 0.522. The third-order valence-electron chi connectivity index (χ3n) is 5.67. The number of halogens is 1. The second-order valence-corrected chi connectivity index (χ2v) is 10.5. The van der Waals surface area contributed by atoms with Crippen LogP contribution in [0.5, 0.6) is 0 Å². The topological polar surface area (TPSA) is 83.6 Å². The predicted octanol–water partition coefficient (Wildman–Crippen LogP) is 4.92. The Morgan fingerprint density at radius 3 is 2.45 bits per heavy atom. The van der Waals surface area contributed by atoms with E-state index >= 15 is 0 Å². The Hall–Kier alpha value is -3.16. The Balaban J connectivity index is 1.63. The van der Waals surface area contributed by atoms with Crippen LogP contribution in [-0.2, 0) is 16.4 Å². The van der Waals surface area contributed by atoms with E-state index in [-0.39, 0.29) is 23.1 Å². The molecule has 0 saturated carbocycles. The summed E-state index contributed by atoms with van der Waals surface area (Å²) < 4.78 is 26.4. The highest BCUT2D eigenvalue weighted by atomic mass is 35.5. The monoisotopic (exact) mass is 482 g/mol. The maximum absolute atomic E-state index is 13.0. The minimum Gasteiger partial charge on any atom is -0.321 e. The number of carbonyl (C=O) groups excluding carboxylic acids is 2. The molecule has 1 aliphatic heterocycles. The Morgan fingerprint density at radius 2 is 1.76 bits per heavy atom. The molecule has 1 atom stereocenters.